The summed E-state index contributed by atoms with van der Waals surface area (Å²) in [7, 11) is -4.31. The molecule has 15 nitrogen and oxygen atoms in total. The van der Waals surface area contributed by atoms with E-state index in [1.54, 1.807) is 50.4 Å². The first-order valence-electron chi connectivity index (χ1n) is 12.5. The number of aliphatic hydroxyl groups excluding tert-OH is 1. The van der Waals surface area contributed by atoms with Crippen LogP contribution >= 0.6 is 20.1 Å². The lowest BCUT2D eigenvalue weighted by Gasteiger charge is -2.29. The zero-order valence-corrected chi connectivity index (χ0v) is 25.8. The van der Waals surface area contributed by atoms with Crippen molar-refractivity contribution in [2.45, 2.75) is 50.3 Å². The van der Waals surface area contributed by atoms with Crippen molar-refractivity contribution in [3.05, 3.63) is 47.9 Å². The number of rotatable bonds is 12. The van der Waals surface area contributed by atoms with Crippen LogP contribution in [0.1, 0.15) is 27.0 Å². The number of methoxy groups -OCH3 is 1. The second-order valence-electron chi connectivity index (χ2n) is 10.2. The van der Waals surface area contributed by atoms with Crippen molar-refractivity contribution in [3.63, 3.8) is 0 Å². The fourth-order valence-corrected chi connectivity index (χ4v) is 5.84. The van der Waals surface area contributed by atoms with Crippen LogP contribution < -0.4 is 19.9 Å². The van der Waals surface area contributed by atoms with E-state index >= 15 is 0 Å². The number of fused-ring (bicyclic) bond motifs is 1. The largest absolute Gasteiger partial charge is 0.468 e. The number of carbonyl (C=O) groups is 1. The van der Waals surface area contributed by atoms with Crippen LogP contribution in [0.2, 0.25) is 5.02 Å². The van der Waals surface area contributed by atoms with Crippen molar-refractivity contribution in [2.24, 2.45) is 0 Å². The molecule has 230 valence electrons. The van der Waals surface area contributed by atoms with Gasteiger partial charge in [-0.1, -0.05) is 11.6 Å². The molecule has 3 unspecified atom stereocenters. The van der Waals surface area contributed by atoms with Crippen LogP contribution in [0.3, 0.4) is 0 Å². The number of anilines is 1. The van der Waals surface area contributed by atoms with E-state index in [1.165, 1.54) is 24.9 Å². The molecule has 5 N–H and O–H groups in total. The molecular weight excluding hydrogens is 615 g/mol. The minimum absolute atomic E-state index is 0.173. The fraction of sp³-hybridized carbons (Fsp3) is 0.458. The maximum atomic E-state index is 12.3. The number of esters is 1. The zero-order chi connectivity index (χ0) is 30.9. The van der Waals surface area contributed by atoms with Crippen LogP contribution in [-0.4, -0.2) is 82.5 Å². The summed E-state index contributed by atoms with van der Waals surface area (Å²) in [6.07, 6.45) is 0.198. The van der Waals surface area contributed by atoms with Crippen molar-refractivity contribution in [3.8, 4) is 5.75 Å². The number of hydrazine groups is 1. The molecule has 1 saturated heterocycles. The van der Waals surface area contributed by atoms with Gasteiger partial charge >= 0.3 is 14.5 Å². The van der Waals surface area contributed by atoms with Gasteiger partial charge in [-0.15, -0.1) is 4.83 Å². The number of aliphatic hydroxyl groups is 2. The number of nitrogens with zero attached hydrogens (tertiary/aromatic N) is 3. The van der Waals surface area contributed by atoms with Gasteiger partial charge in [-0.3, -0.25) is 10.2 Å². The number of ether oxygens (including phenoxy) is 2. The Labute approximate surface area is 248 Å². The smallest absolute Gasteiger partial charge is 0.325 e. The van der Waals surface area contributed by atoms with Crippen molar-refractivity contribution >= 4 is 53.0 Å². The van der Waals surface area contributed by atoms with Gasteiger partial charge in [0.25, 0.3) is 0 Å². The molecule has 0 saturated carbocycles. The number of carbonyl (C=O) groups excluding carboxylic acids is 1. The lowest BCUT2D eigenvalue weighted by Crippen LogP contribution is -2.46. The van der Waals surface area contributed by atoms with E-state index in [2.05, 4.69) is 25.3 Å². The zero-order valence-electron chi connectivity index (χ0n) is 23.3. The number of benzene rings is 1. The SMILES string of the molecule is COC(=O)C(C)(C)NP(OCC1OC(n2ccc3c(NNS(C)(=O)=O)ncnc32)[C@](C)(O)[C@@H]1O)Oc1ccc(Cl)cc1. The molecule has 42 heavy (non-hydrogen) atoms. The summed E-state index contributed by atoms with van der Waals surface area (Å²) in [4.78, 5) is 22.8. The molecule has 18 heteroatoms. The molecule has 5 atom stereocenters. The Morgan fingerprint density at radius 3 is 2.60 bits per heavy atom. The van der Waals surface area contributed by atoms with Gasteiger partial charge in [0.2, 0.25) is 10.0 Å². The van der Waals surface area contributed by atoms with Gasteiger partial charge in [0.15, 0.2) is 12.0 Å². The minimum Gasteiger partial charge on any atom is -0.468 e. The monoisotopic (exact) mass is 646 g/mol. The van der Waals surface area contributed by atoms with E-state index in [0.717, 1.165) is 6.26 Å². The van der Waals surface area contributed by atoms with Crippen LogP contribution in [0.25, 0.3) is 11.0 Å². The number of halogens is 1. The highest BCUT2D eigenvalue weighted by atomic mass is 35.5. The molecule has 1 aromatic carbocycles. The molecule has 4 rings (SSSR count). The van der Waals surface area contributed by atoms with Crippen LogP contribution in [0, 0.1) is 0 Å². The quantitative estimate of drug-likeness (QED) is 0.109. The third kappa shape index (κ3) is 7.27. The lowest BCUT2D eigenvalue weighted by atomic mass is 9.96. The Hall–Kier alpha value is -2.66. The molecule has 0 radical (unpaired) electrons. The van der Waals surface area contributed by atoms with Gasteiger partial charge in [0.05, 0.1) is 25.4 Å². The molecular formula is C24H32ClN6O9PS. The van der Waals surface area contributed by atoms with E-state index in [4.69, 9.17) is 30.1 Å². The fourth-order valence-electron chi connectivity index (χ4n) is 4.12. The highest BCUT2D eigenvalue weighted by Crippen LogP contribution is 2.43. The average molecular weight is 647 g/mol. The Bertz CT molecular complexity index is 1520. The second-order valence-corrected chi connectivity index (χ2v) is 13.6. The maximum absolute atomic E-state index is 12.3. The first-order valence-corrected chi connectivity index (χ1v) is 15.9. The predicted molar refractivity (Wildman–Crippen MR) is 154 cm³/mol. The van der Waals surface area contributed by atoms with Gasteiger partial charge in [-0.25, -0.2) is 23.5 Å². The summed E-state index contributed by atoms with van der Waals surface area (Å²) in [5.74, 6) is 0.0248. The summed E-state index contributed by atoms with van der Waals surface area (Å²) >= 11 is 5.97. The van der Waals surface area contributed by atoms with Crippen molar-refractivity contribution < 1.29 is 41.9 Å². The normalized spacial score (nSPS) is 23.6. The molecule has 0 spiro atoms. The van der Waals surface area contributed by atoms with Crippen LogP contribution in [0.15, 0.2) is 42.9 Å². The predicted octanol–water partition coefficient (Wildman–Crippen LogP) is 1.83. The van der Waals surface area contributed by atoms with Crippen molar-refractivity contribution in [1.29, 1.82) is 0 Å². The molecule has 3 aromatic rings. The summed E-state index contributed by atoms with van der Waals surface area (Å²) in [6, 6.07) is 8.12. The molecule has 1 fully saturated rings. The minimum atomic E-state index is -3.57. The van der Waals surface area contributed by atoms with Gasteiger partial charge in [-0.2, -0.15) is 0 Å². The summed E-state index contributed by atoms with van der Waals surface area (Å²) < 4.78 is 47.4. The van der Waals surface area contributed by atoms with Gasteiger partial charge in [0, 0.05) is 11.2 Å². The number of hydrogen-bond acceptors (Lipinski definition) is 13. The molecule has 3 heterocycles. The highest BCUT2D eigenvalue weighted by molar-refractivity contribution is 7.88. The Kier molecular flexibility index (Phi) is 9.62. The highest BCUT2D eigenvalue weighted by Gasteiger charge is 2.53. The molecule has 2 aromatic heterocycles. The van der Waals surface area contributed by atoms with Crippen LogP contribution in [0.5, 0.6) is 5.75 Å². The summed E-state index contributed by atoms with van der Waals surface area (Å²) in [5, 5.41) is 26.3. The molecule has 1 aliphatic heterocycles. The summed E-state index contributed by atoms with van der Waals surface area (Å²) in [6.45, 7) is 4.36. The lowest BCUT2D eigenvalue weighted by molar-refractivity contribution is -0.146. The Morgan fingerprint density at radius 2 is 1.95 bits per heavy atom. The third-order valence-corrected chi connectivity index (χ3v) is 8.52. The number of sulfonamides is 1. The summed E-state index contributed by atoms with van der Waals surface area (Å²) in [5.41, 5.74) is -0.176. The van der Waals surface area contributed by atoms with Gasteiger partial charge in [0.1, 0.15) is 41.1 Å². The van der Waals surface area contributed by atoms with E-state index in [0.29, 0.717) is 21.8 Å². The molecule has 1 aliphatic rings. The molecule has 0 bridgehead atoms. The third-order valence-electron chi connectivity index (χ3n) is 6.30. The van der Waals surface area contributed by atoms with Gasteiger partial charge in [-0.05, 0) is 51.1 Å². The second kappa shape index (κ2) is 12.5. The van der Waals surface area contributed by atoms with Gasteiger partial charge < -0.3 is 33.3 Å². The first kappa shape index (κ1) is 32.3. The number of hydrogen-bond donors (Lipinski definition) is 5. The topological polar surface area (TPSA) is 195 Å². The van der Waals surface area contributed by atoms with E-state index in [1.807, 2.05) is 0 Å². The first-order chi connectivity index (χ1) is 19.6. The number of aromatic nitrogens is 3. The Morgan fingerprint density at radius 1 is 1.26 bits per heavy atom. The van der Waals surface area contributed by atoms with Crippen LogP contribution in [0.4, 0.5) is 5.82 Å². The number of nitrogens with one attached hydrogen (secondary N) is 3. The van der Waals surface area contributed by atoms with Crippen LogP contribution in [-0.2, 0) is 28.8 Å². The Balaban J connectivity index is 1.54. The molecule has 0 aliphatic carbocycles. The van der Waals surface area contributed by atoms with E-state index < -0.39 is 54.1 Å². The van der Waals surface area contributed by atoms with E-state index in [-0.39, 0.29) is 12.4 Å². The van der Waals surface area contributed by atoms with E-state index in [9.17, 15) is 23.4 Å². The average Bonchev–Trinajstić information content (AvgIpc) is 3.44. The standard InChI is InChI=1S/C24H32ClN6O9PS/c1-23(2,22(33)37-4)29-41(40-15-8-6-14(25)7-9-15)38-12-17-18(32)24(3,34)21(39-17)31-11-10-16-19(26-13-27-20(16)31)28-30-42(5,35)36/h6-11,13,17-18,21,29-30,32,34H,12H2,1-5H3,(H,26,27,28)/t17?,18-,21?,24-,41?/m1/s1. The van der Waals surface area contributed by atoms with Crippen molar-refractivity contribution in [1.82, 2.24) is 24.5 Å². The van der Waals surface area contributed by atoms with Crippen molar-refractivity contribution in [2.75, 3.05) is 25.4 Å². The maximum Gasteiger partial charge on any atom is 0.325 e. The molecule has 0 amide bonds.